The topological polar surface area (TPSA) is 57.7 Å². The molecule has 1 amide bonds. The first-order valence-corrected chi connectivity index (χ1v) is 11.2. The highest BCUT2D eigenvalue weighted by Gasteiger charge is 2.30. The van der Waals surface area contributed by atoms with Gasteiger partial charge in [-0.1, -0.05) is 49.4 Å². The van der Waals surface area contributed by atoms with Crippen molar-refractivity contribution in [1.82, 2.24) is 9.21 Å². The van der Waals surface area contributed by atoms with Gasteiger partial charge in [-0.3, -0.25) is 4.79 Å². The third-order valence-corrected chi connectivity index (χ3v) is 6.54. The summed E-state index contributed by atoms with van der Waals surface area (Å²) in [6, 6.07) is 17.7. The second kappa shape index (κ2) is 8.23. The Balaban J connectivity index is 1.64. The summed E-state index contributed by atoms with van der Waals surface area (Å²) in [5.74, 6) is 0.00969. The molecule has 1 aliphatic heterocycles. The van der Waals surface area contributed by atoms with Gasteiger partial charge in [0.05, 0.1) is 6.26 Å². The normalized spacial score (nSPS) is 15.9. The lowest BCUT2D eigenvalue weighted by atomic mass is 10.0. The van der Waals surface area contributed by atoms with Crippen molar-refractivity contribution in [3.63, 3.8) is 0 Å². The lowest BCUT2D eigenvalue weighted by Crippen LogP contribution is -2.48. The number of nitrogens with zero attached hydrogens (tertiary/aromatic N) is 2. The third kappa shape index (κ3) is 4.57. The van der Waals surface area contributed by atoms with E-state index in [9.17, 15) is 13.2 Å². The zero-order valence-electron chi connectivity index (χ0n) is 15.8. The molecule has 0 bridgehead atoms. The summed E-state index contributed by atoms with van der Waals surface area (Å²) >= 11 is 0. The van der Waals surface area contributed by atoms with Crippen molar-refractivity contribution in [1.29, 1.82) is 0 Å². The number of rotatable bonds is 5. The molecule has 0 saturated carbocycles. The van der Waals surface area contributed by atoms with E-state index in [0.29, 0.717) is 38.0 Å². The Morgan fingerprint density at radius 3 is 2.07 bits per heavy atom. The van der Waals surface area contributed by atoms with Crippen LogP contribution in [0.2, 0.25) is 0 Å². The van der Waals surface area contributed by atoms with Crippen molar-refractivity contribution in [2.45, 2.75) is 25.8 Å². The molecule has 27 heavy (non-hydrogen) atoms. The fraction of sp³-hybridized carbons (Fsp3) is 0.381. The molecule has 0 radical (unpaired) electrons. The molecule has 6 heteroatoms. The Kier molecular flexibility index (Phi) is 5.97. The SMILES string of the molecule is CCN(C1CCN(C(=O)c2ccc(-c3ccccc3)cc2)CC1)S(C)(=O)=O. The van der Waals surface area contributed by atoms with Gasteiger partial charge in [-0.05, 0) is 36.1 Å². The zero-order chi connectivity index (χ0) is 19.4. The molecule has 2 aromatic carbocycles. The van der Waals surface area contributed by atoms with E-state index in [2.05, 4.69) is 0 Å². The molecule has 1 heterocycles. The zero-order valence-corrected chi connectivity index (χ0v) is 16.7. The monoisotopic (exact) mass is 386 g/mol. The molecular weight excluding hydrogens is 360 g/mol. The molecule has 0 spiro atoms. The summed E-state index contributed by atoms with van der Waals surface area (Å²) in [4.78, 5) is 14.6. The average molecular weight is 387 g/mol. The summed E-state index contributed by atoms with van der Waals surface area (Å²) in [6.45, 7) is 3.48. The van der Waals surface area contributed by atoms with Gasteiger partial charge in [0.15, 0.2) is 0 Å². The van der Waals surface area contributed by atoms with Gasteiger partial charge in [-0.15, -0.1) is 0 Å². The van der Waals surface area contributed by atoms with Gasteiger partial charge in [0, 0.05) is 31.2 Å². The van der Waals surface area contributed by atoms with Crippen molar-refractivity contribution in [3.05, 3.63) is 60.2 Å². The fourth-order valence-corrected chi connectivity index (χ4v) is 4.96. The van der Waals surface area contributed by atoms with Crippen LogP contribution in [0.5, 0.6) is 0 Å². The predicted octanol–water partition coefficient (Wildman–Crippen LogP) is 3.24. The Bertz CT molecular complexity index is 871. The van der Waals surface area contributed by atoms with Crippen LogP contribution in [0, 0.1) is 0 Å². The Morgan fingerprint density at radius 1 is 1.00 bits per heavy atom. The number of hydrogen-bond acceptors (Lipinski definition) is 3. The van der Waals surface area contributed by atoms with Crippen LogP contribution in [0.4, 0.5) is 0 Å². The van der Waals surface area contributed by atoms with E-state index in [1.807, 2.05) is 66.4 Å². The second-order valence-electron chi connectivity index (χ2n) is 6.93. The first kappa shape index (κ1) is 19.6. The lowest BCUT2D eigenvalue weighted by molar-refractivity contribution is 0.0680. The molecule has 144 valence electrons. The van der Waals surface area contributed by atoms with E-state index in [1.54, 1.807) is 4.31 Å². The van der Waals surface area contributed by atoms with Gasteiger partial charge < -0.3 is 4.90 Å². The first-order chi connectivity index (χ1) is 12.9. The molecule has 0 N–H and O–H groups in total. The Morgan fingerprint density at radius 2 is 1.56 bits per heavy atom. The van der Waals surface area contributed by atoms with E-state index in [0.717, 1.165) is 11.1 Å². The minimum absolute atomic E-state index is 0.00969. The molecule has 0 aromatic heterocycles. The van der Waals surface area contributed by atoms with Crippen LogP contribution in [-0.4, -0.2) is 55.5 Å². The number of likely N-dealkylation sites (tertiary alicyclic amines) is 1. The van der Waals surface area contributed by atoms with Crippen molar-refractivity contribution >= 4 is 15.9 Å². The van der Waals surface area contributed by atoms with Gasteiger partial charge in [0.1, 0.15) is 0 Å². The molecule has 2 aromatic rings. The van der Waals surface area contributed by atoms with Crippen LogP contribution >= 0.6 is 0 Å². The van der Waals surface area contributed by atoms with E-state index >= 15 is 0 Å². The van der Waals surface area contributed by atoms with Gasteiger partial charge in [0.2, 0.25) is 10.0 Å². The quantitative estimate of drug-likeness (QED) is 0.793. The molecule has 1 saturated heterocycles. The van der Waals surface area contributed by atoms with Crippen molar-refractivity contribution in [3.8, 4) is 11.1 Å². The second-order valence-corrected chi connectivity index (χ2v) is 8.87. The van der Waals surface area contributed by atoms with Crippen LogP contribution in [0.3, 0.4) is 0 Å². The van der Waals surface area contributed by atoms with Crippen molar-refractivity contribution in [2.24, 2.45) is 0 Å². The molecule has 5 nitrogen and oxygen atoms in total. The highest BCUT2D eigenvalue weighted by Crippen LogP contribution is 2.22. The number of sulfonamides is 1. The summed E-state index contributed by atoms with van der Waals surface area (Å²) in [6.07, 6.45) is 2.60. The fourth-order valence-electron chi connectivity index (χ4n) is 3.74. The highest BCUT2D eigenvalue weighted by atomic mass is 32.2. The molecule has 0 aliphatic carbocycles. The summed E-state index contributed by atoms with van der Waals surface area (Å²) in [5.41, 5.74) is 2.87. The number of piperidine rings is 1. The lowest BCUT2D eigenvalue weighted by Gasteiger charge is -2.36. The minimum Gasteiger partial charge on any atom is -0.339 e. The third-order valence-electron chi connectivity index (χ3n) is 5.14. The predicted molar refractivity (Wildman–Crippen MR) is 108 cm³/mol. The highest BCUT2D eigenvalue weighted by molar-refractivity contribution is 7.88. The Labute approximate surface area is 161 Å². The molecule has 1 aliphatic rings. The maximum Gasteiger partial charge on any atom is 0.253 e. The standard InChI is InChI=1S/C21H26N2O3S/c1-3-23(27(2,25)26)20-13-15-22(16-14-20)21(24)19-11-9-18(10-12-19)17-7-5-4-6-8-17/h4-12,20H,3,13-16H2,1-2H3. The van der Waals surface area contributed by atoms with Crippen LogP contribution in [-0.2, 0) is 10.0 Å². The van der Waals surface area contributed by atoms with Crippen LogP contribution in [0.15, 0.2) is 54.6 Å². The molecule has 0 atom stereocenters. The van der Waals surface area contributed by atoms with Crippen LogP contribution in [0.1, 0.15) is 30.1 Å². The van der Waals surface area contributed by atoms with E-state index < -0.39 is 10.0 Å². The minimum atomic E-state index is -3.21. The van der Waals surface area contributed by atoms with Gasteiger partial charge in [-0.2, -0.15) is 4.31 Å². The first-order valence-electron chi connectivity index (χ1n) is 9.31. The summed E-state index contributed by atoms with van der Waals surface area (Å²) < 4.78 is 25.3. The number of hydrogen-bond donors (Lipinski definition) is 0. The van der Waals surface area contributed by atoms with E-state index in [-0.39, 0.29) is 11.9 Å². The van der Waals surface area contributed by atoms with Gasteiger partial charge in [-0.25, -0.2) is 8.42 Å². The summed E-state index contributed by atoms with van der Waals surface area (Å²) in [5, 5.41) is 0. The number of benzene rings is 2. The summed E-state index contributed by atoms with van der Waals surface area (Å²) in [7, 11) is -3.21. The van der Waals surface area contributed by atoms with Gasteiger partial charge >= 0.3 is 0 Å². The van der Waals surface area contributed by atoms with Crippen molar-refractivity contribution in [2.75, 3.05) is 25.9 Å². The van der Waals surface area contributed by atoms with Crippen LogP contribution in [0.25, 0.3) is 11.1 Å². The Hall–Kier alpha value is -2.18. The average Bonchev–Trinajstić information content (AvgIpc) is 2.68. The number of amides is 1. The van der Waals surface area contributed by atoms with Crippen LogP contribution < -0.4 is 0 Å². The van der Waals surface area contributed by atoms with Crippen molar-refractivity contribution < 1.29 is 13.2 Å². The van der Waals surface area contributed by atoms with E-state index in [4.69, 9.17) is 0 Å². The molecule has 3 rings (SSSR count). The molecular formula is C21H26N2O3S. The smallest absolute Gasteiger partial charge is 0.253 e. The molecule has 1 fully saturated rings. The maximum atomic E-state index is 12.8. The number of carbonyl (C=O) groups is 1. The largest absolute Gasteiger partial charge is 0.339 e. The molecule has 0 unspecified atom stereocenters. The maximum absolute atomic E-state index is 12.8. The number of carbonyl (C=O) groups excluding carboxylic acids is 1. The van der Waals surface area contributed by atoms with E-state index in [1.165, 1.54) is 6.26 Å². The van der Waals surface area contributed by atoms with Gasteiger partial charge in [0.25, 0.3) is 5.91 Å².